The zero-order valence-corrected chi connectivity index (χ0v) is 25.3. The molecule has 1 N–H and O–H groups in total. The van der Waals surface area contributed by atoms with E-state index >= 15 is 0 Å². The van der Waals surface area contributed by atoms with Crippen molar-refractivity contribution in [2.24, 2.45) is 5.92 Å². The van der Waals surface area contributed by atoms with Crippen molar-refractivity contribution in [1.82, 2.24) is 4.90 Å². The number of hydrogen-bond acceptors (Lipinski definition) is 5. The number of carboxylic acids is 1. The van der Waals surface area contributed by atoms with Crippen molar-refractivity contribution in [1.29, 1.82) is 0 Å². The van der Waals surface area contributed by atoms with E-state index in [1.807, 2.05) is 36.4 Å². The smallest absolute Gasteiger partial charge is 0.307 e. The minimum absolute atomic E-state index is 0. The van der Waals surface area contributed by atoms with Crippen molar-refractivity contribution in [3.05, 3.63) is 125 Å². The Morgan fingerprint density at radius 1 is 0.786 bits per heavy atom. The number of methoxy groups -OCH3 is 2. The van der Waals surface area contributed by atoms with Crippen LogP contribution in [0.15, 0.2) is 103 Å². The van der Waals surface area contributed by atoms with Gasteiger partial charge in [0.25, 0.3) is 0 Å². The molecule has 0 spiro atoms. The average molecular weight is 590 g/mol. The number of rotatable bonds is 15. The summed E-state index contributed by atoms with van der Waals surface area (Å²) in [4.78, 5) is 13.6. The molecule has 42 heavy (non-hydrogen) atoms. The zero-order valence-electron chi connectivity index (χ0n) is 24.4. The first-order valence-electron chi connectivity index (χ1n) is 13.9. The van der Waals surface area contributed by atoms with Crippen molar-refractivity contribution in [3.8, 4) is 17.2 Å². The molecule has 6 nitrogen and oxygen atoms in total. The third-order valence-corrected chi connectivity index (χ3v) is 7.09. The molecule has 0 aromatic heterocycles. The molecule has 4 aromatic rings. The van der Waals surface area contributed by atoms with Crippen molar-refractivity contribution in [2.75, 3.05) is 33.9 Å². The molecule has 0 aliphatic heterocycles. The Balaban J connectivity index is 0.00000484. The van der Waals surface area contributed by atoms with Crippen molar-refractivity contribution < 1.29 is 24.1 Å². The maximum absolute atomic E-state index is 11.1. The number of nitrogens with zero attached hydrogens (tertiary/aromatic N) is 1. The van der Waals surface area contributed by atoms with Gasteiger partial charge in [-0.25, -0.2) is 0 Å². The maximum Gasteiger partial charge on any atom is 0.307 e. The first kappa shape index (κ1) is 32.5. The highest BCUT2D eigenvalue weighted by Crippen LogP contribution is 2.30. The summed E-state index contributed by atoms with van der Waals surface area (Å²) < 4.78 is 17.3. The number of benzene rings is 4. The van der Waals surface area contributed by atoms with Crippen LogP contribution in [0.3, 0.4) is 0 Å². The predicted octanol–water partition coefficient (Wildman–Crippen LogP) is 7.10. The highest BCUT2D eigenvalue weighted by atomic mass is 35.5. The monoisotopic (exact) mass is 589 g/mol. The first-order chi connectivity index (χ1) is 19.9. The fourth-order valence-corrected chi connectivity index (χ4v) is 5.11. The molecule has 0 fully saturated rings. The summed E-state index contributed by atoms with van der Waals surface area (Å²) in [7, 11) is 3.35. The van der Waals surface area contributed by atoms with E-state index in [0.29, 0.717) is 18.9 Å². The standard InChI is InChI=1S/C35H39NO5.ClH/c1-26(25-41-32-16-10-11-27(19-32)20-35(37)38)22-36(23-30-17-18-31(39-2)21-34(30)40-3)24-33(28-12-6-4-7-13-28)29-14-8-5-9-15-29;/h4-19,21,26,33H,20,22-25H2,1-3H3,(H,37,38);1H. The van der Waals surface area contributed by atoms with E-state index in [9.17, 15) is 4.79 Å². The van der Waals surface area contributed by atoms with Gasteiger partial charge in [-0.05, 0) is 34.9 Å². The van der Waals surface area contributed by atoms with Crippen molar-refractivity contribution in [3.63, 3.8) is 0 Å². The van der Waals surface area contributed by atoms with Crippen LogP contribution in [0, 0.1) is 5.92 Å². The van der Waals surface area contributed by atoms with Gasteiger partial charge in [-0.2, -0.15) is 0 Å². The van der Waals surface area contributed by atoms with E-state index in [-0.39, 0.29) is 30.7 Å². The van der Waals surface area contributed by atoms with Gasteiger partial charge >= 0.3 is 5.97 Å². The number of carboxylic acid groups (broad SMARTS) is 1. The van der Waals surface area contributed by atoms with Gasteiger partial charge in [0.2, 0.25) is 0 Å². The molecular weight excluding hydrogens is 550 g/mol. The second kappa shape index (κ2) is 16.4. The zero-order chi connectivity index (χ0) is 29.0. The summed E-state index contributed by atoms with van der Waals surface area (Å²) in [5.74, 6) is 1.77. The summed E-state index contributed by atoms with van der Waals surface area (Å²) >= 11 is 0. The number of ether oxygens (including phenoxy) is 3. The SMILES string of the molecule is COc1ccc(CN(CC(C)COc2cccc(CC(=O)O)c2)CC(c2ccccc2)c2ccccc2)c(OC)c1.Cl. The fraction of sp³-hybridized carbons (Fsp3) is 0.286. The van der Waals surface area contributed by atoms with Crippen LogP contribution >= 0.6 is 12.4 Å². The lowest BCUT2D eigenvalue weighted by molar-refractivity contribution is -0.136. The van der Waals surface area contributed by atoms with Gasteiger partial charge in [0.05, 0.1) is 27.2 Å². The lowest BCUT2D eigenvalue weighted by Crippen LogP contribution is -2.34. The molecule has 0 saturated carbocycles. The lowest BCUT2D eigenvalue weighted by atomic mass is 9.90. The Bertz CT molecular complexity index is 1340. The van der Waals surface area contributed by atoms with Crippen LogP contribution in [0.1, 0.15) is 35.1 Å². The van der Waals surface area contributed by atoms with Gasteiger partial charge in [-0.1, -0.05) is 85.8 Å². The molecule has 0 heterocycles. The molecule has 1 atom stereocenters. The highest BCUT2D eigenvalue weighted by molar-refractivity contribution is 5.85. The number of carbonyl (C=O) groups is 1. The molecule has 1 unspecified atom stereocenters. The van der Waals surface area contributed by atoms with Gasteiger partial charge in [-0.15, -0.1) is 12.4 Å². The normalized spacial score (nSPS) is 11.5. The van der Waals surface area contributed by atoms with E-state index in [4.69, 9.17) is 19.3 Å². The number of aliphatic carboxylic acids is 1. The molecule has 222 valence electrons. The Hall–Kier alpha value is -4.00. The average Bonchev–Trinajstić information content (AvgIpc) is 2.99. The molecule has 0 radical (unpaired) electrons. The summed E-state index contributed by atoms with van der Waals surface area (Å²) in [5.41, 5.74) is 4.35. The Labute approximate surface area is 255 Å². The number of hydrogen-bond donors (Lipinski definition) is 1. The lowest BCUT2D eigenvalue weighted by Gasteiger charge is -2.31. The van der Waals surface area contributed by atoms with Gasteiger partial charge in [0.15, 0.2) is 0 Å². The summed E-state index contributed by atoms with van der Waals surface area (Å²) in [6.07, 6.45) is -0.0232. The minimum atomic E-state index is -0.855. The maximum atomic E-state index is 11.1. The van der Waals surface area contributed by atoms with Crippen molar-refractivity contribution >= 4 is 18.4 Å². The van der Waals surface area contributed by atoms with Gasteiger partial charge < -0.3 is 19.3 Å². The van der Waals surface area contributed by atoms with E-state index in [0.717, 1.165) is 35.7 Å². The van der Waals surface area contributed by atoms with Gasteiger partial charge in [0.1, 0.15) is 17.2 Å². The minimum Gasteiger partial charge on any atom is -0.497 e. The Morgan fingerprint density at radius 3 is 2.05 bits per heavy atom. The predicted molar refractivity (Wildman–Crippen MR) is 169 cm³/mol. The summed E-state index contributed by atoms with van der Waals surface area (Å²) in [6.45, 7) is 4.98. The van der Waals surface area contributed by atoms with Crippen LogP contribution in [-0.4, -0.2) is 49.9 Å². The van der Waals surface area contributed by atoms with Crippen LogP contribution in [0.5, 0.6) is 17.2 Å². The molecule has 0 aliphatic rings. The van der Waals surface area contributed by atoms with Crippen LogP contribution in [-0.2, 0) is 17.8 Å². The van der Waals surface area contributed by atoms with Crippen LogP contribution in [0.2, 0.25) is 0 Å². The first-order valence-corrected chi connectivity index (χ1v) is 13.9. The Kier molecular flexibility index (Phi) is 12.7. The topological polar surface area (TPSA) is 68.2 Å². The van der Waals surface area contributed by atoms with Crippen LogP contribution in [0.4, 0.5) is 0 Å². The Morgan fingerprint density at radius 2 is 1.45 bits per heavy atom. The molecule has 0 saturated heterocycles. The van der Waals surface area contributed by atoms with Gasteiger partial charge in [-0.3, -0.25) is 9.69 Å². The van der Waals surface area contributed by atoms with Crippen LogP contribution in [0.25, 0.3) is 0 Å². The molecule has 0 amide bonds. The second-order valence-corrected chi connectivity index (χ2v) is 10.4. The quantitative estimate of drug-likeness (QED) is 0.159. The summed E-state index contributed by atoms with van der Waals surface area (Å²) in [5, 5.41) is 9.14. The van der Waals surface area contributed by atoms with E-state index in [1.54, 1.807) is 14.2 Å². The molecule has 4 aromatic carbocycles. The fourth-order valence-electron chi connectivity index (χ4n) is 5.11. The third-order valence-electron chi connectivity index (χ3n) is 7.09. The van der Waals surface area contributed by atoms with Crippen LogP contribution < -0.4 is 14.2 Å². The molecular formula is C35H40ClNO5. The van der Waals surface area contributed by atoms with E-state index in [2.05, 4.69) is 78.6 Å². The molecule has 0 aliphatic carbocycles. The van der Waals surface area contributed by atoms with Gasteiger partial charge in [0, 0.05) is 43.1 Å². The second-order valence-electron chi connectivity index (χ2n) is 10.4. The van der Waals surface area contributed by atoms with E-state index in [1.165, 1.54) is 11.1 Å². The molecule has 7 heteroatoms. The summed E-state index contributed by atoms with van der Waals surface area (Å²) in [6, 6.07) is 34.6. The molecule has 4 rings (SSSR count). The molecule has 0 bridgehead atoms. The largest absolute Gasteiger partial charge is 0.497 e. The highest BCUT2D eigenvalue weighted by Gasteiger charge is 2.22. The third kappa shape index (κ3) is 9.54. The van der Waals surface area contributed by atoms with E-state index < -0.39 is 5.97 Å². The number of halogens is 1. The van der Waals surface area contributed by atoms with Crippen molar-refractivity contribution in [2.45, 2.75) is 25.8 Å².